The zero-order valence-electron chi connectivity index (χ0n) is 9.91. The van der Waals surface area contributed by atoms with E-state index in [1.165, 1.54) is 0 Å². The van der Waals surface area contributed by atoms with Crippen molar-refractivity contribution >= 4 is 23.4 Å². The van der Waals surface area contributed by atoms with E-state index in [-0.39, 0.29) is 17.7 Å². The minimum Gasteiger partial charge on any atom is -0.273 e. The molecular weight excluding hydrogens is 252 g/mol. The fourth-order valence-electron chi connectivity index (χ4n) is 1.55. The highest BCUT2D eigenvalue weighted by Gasteiger charge is 2.29. The topological polar surface area (TPSA) is 58.2 Å². The number of hydrogen-bond acceptors (Lipinski definition) is 2. The van der Waals surface area contributed by atoms with Crippen LogP contribution in [0.4, 0.5) is 0 Å². The molecule has 1 aromatic rings. The summed E-state index contributed by atoms with van der Waals surface area (Å²) in [5, 5.41) is 0.680. The highest BCUT2D eigenvalue weighted by Crippen LogP contribution is 2.28. The van der Waals surface area contributed by atoms with Crippen LogP contribution >= 0.6 is 11.6 Å². The monoisotopic (exact) mass is 266 g/mol. The molecule has 2 rings (SSSR count). The SMILES string of the molecule is O=C(CCc1ccc(Cl)cc1)NNC(=O)C1CC1. The number of halogens is 1. The molecule has 0 aromatic heterocycles. The number of benzene rings is 1. The van der Waals surface area contributed by atoms with Gasteiger partial charge in [-0.3, -0.25) is 20.4 Å². The van der Waals surface area contributed by atoms with Gasteiger partial charge in [0.25, 0.3) is 0 Å². The van der Waals surface area contributed by atoms with Gasteiger partial charge in [0.2, 0.25) is 11.8 Å². The van der Waals surface area contributed by atoms with E-state index in [4.69, 9.17) is 11.6 Å². The molecule has 0 radical (unpaired) electrons. The number of carbonyl (C=O) groups excluding carboxylic acids is 2. The molecule has 4 nitrogen and oxygen atoms in total. The number of rotatable bonds is 4. The molecule has 0 heterocycles. The first-order valence-electron chi connectivity index (χ1n) is 5.98. The summed E-state index contributed by atoms with van der Waals surface area (Å²) < 4.78 is 0. The zero-order chi connectivity index (χ0) is 13.0. The molecule has 0 bridgehead atoms. The van der Waals surface area contributed by atoms with Crippen LogP contribution in [0.1, 0.15) is 24.8 Å². The Kier molecular flexibility index (Phi) is 4.20. The Morgan fingerprint density at radius 3 is 2.44 bits per heavy atom. The second-order valence-corrected chi connectivity index (χ2v) is 4.87. The van der Waals surface area contributed by atoms with Gasteiger partial charge >= 0.3 is 0 Å². The summed E-state index contributed by atoms with van der Waals surface area (Å²) in [6.45, 7) is 0. The Labute approximate surface area is 111 Å². The Balaban J connectivity index is 1.67. The van der Waals surface area contributed by atoms with Gasteiger partial charge in [0.05, 0.1) is 0 Å². The second-order valence-electron chi connectivity index (χ2n) is 4.44. The molecule has 2 N–H and O–H groups in total. The molecule has 1 saturated carbocycles. The largest absolute Gasteiger partial charge is 0.273 e. The van der Waals surface area contributed by atoms with Crippen LogP contribution in [-0.4, -0.2) is 11.8 Å². The van der Waals surface area contributed by atoms with Crippen LogP contribution in [0.5, 0.6) is 0 Å². The lowest BCUT2D eigenvalue weighted by Gasteiger charge is -2.06. The highest BCUT2D eigenvalue weighted by molar-refractivity contribution is 6.30. The number of hydrogen-bond donors (Lipinski definition) is 2. The molecule has 1 fully saturated rings. The molecule has 0 atom stereocenters. The lowest BCUT2D eigenvalue weighted by molar-refractivity contribution is -0.129. The van der Waals surface area contributed by atoms with Gasteiger partial charge in [-0.15, -0.1) is 0 Å². The molecule has 0 unspecified atom stereocenters. The van der Waals surface area contributed by atoms with Crippen LogP contribution in [0.15, 0.2) is 24.3 Å². The average molecular weight is 267 g/mol. The lowest BCUT2D eigenvalue weighted by atomic mass is 10.1. The number of aryl methyl sites for hydroxylation is 1. The summed E-state index contributed by atoms with van der Waals surface area (Å²) in [6.07, 6.45) is 2.81. The molecule has 5 heteroatoms. The number of hydrazine groups is 1. The lowest BCUT2D eigenvalue weighted by Crippen LogP contribution is -2.42. The van der Waals surface area contributed by atoms with Crippen LogP contribution in [0, 0.1) is 5.92 Å². The van der Waals surface area contributed by atoms with E-state index in [1.807, 2.05) is 12.1 Å². The third-order valence-corrected chi connectivity index (χ3v) is 3.08. The Hall–Kier alpha value is -1.55. The van der Waals surface area contributed by atoms with Crippen molar-refractivity contribution < 1.29 is 9.59 Å². The van der Waals surface area contributed by atoms with Crippen molar-refractivity contribution in [3.8, 4) is 0 Å². The quantitative estimate of drug-likeness (QED) is 0.817. The molecule has 0 spiro atoms. The van der Waals surface area contributed by atoms with Crippen LogP contribution < -0.4 is 10.9 Å². The molecular formula is C13H15ClN2O2. The van der Waals surface area contributed by atoms with Gasteiger partial charge in [0.15, 0.2) is 0 Å². The van der Waals surface area contributed by atoms with Crippen LogP contribution in [-0.2, 0) is 16.0 Å². The molecule has 1 aromatic carbocycles. The molecule has 1 aliphatic rings. The second kappa shape index (κ2) is 5.87. The maximum absolute atomic E-state index is 11.5. The summed E-state index contributed by atoms with van der Waals surface area (Å²) in [7, 11) is 0. The molecule has 1 aliphatic carbocycles. The minimum absolute atomic E-state index is 0.0881. The predicted octanol–water partition coefficient (Wildman–Crippen LogP) is 1.83. The third-order valence-electron chi connectivity index (χ3n) is 2.83. The van der Waals surface area contributed by atoms with Crippen molar-refractivity contribution in [3.63, 3.8) is 0 Å². The summed E-state index contributed by atoms with van der Waals surface area (Å²) in [6, 6.07) is 7.37. The first-order valence-corrected chi connectivity index (χ1v) is 6.36. The zero-order valence-corrected chi connectivity index (χ0v) is 10.7. The van der Waals surface area contributed by atoms with E-state index in [0.717, 1.165) is 18.4 Å². The standard InChI is InChI=1S/C13H15ClN2O2/c14-11-6-1-9(2-7-11)3-8-12(17)15-16-13(18)10-4-5-10/h1-2,6-7,10H,3-5,8H2,(H,15,17)(H,16,18). The van der Waals surface area contributed by atoms with E-state index < -0.39 is 0 Å². The normalized spacial score (nSPS) is 14.1. The molecule has 96 valence electrons. The third kappa shape index (κ3) is 4.04. The first kappa shape index (κ1) is 12.9. The fourth-order valence-corrected chi connectivity index (χ4v) is 1.68. The van der Waals surface area contributed by atoms with Crippen molar-refractivity contribution in [2.45, 2.75) is 25.7 Å². The van der Waals surface area contributed by atoms with E-state index in [9.17, 15) is 9.59 Å². The summed E-state index contributed by atoms with van der Waals surface area (Å²) >= 11 is 5.77. The highest BCUT2D eigenvalue weighted by atomic mass is 35.5. The number of amides is 2. The van der Waals surface area contributed by atoms with E-state index >= 15 is 0 Å². The van der Waals surface area contributed by atoms with E-state index in [2.05, 4.69) is 10.9 Å². The first-order chi connectivity index (χ1) is 8.65. The van der Waals surface area contributed by atoms with E-state index in [1.54, 1.807) is 12.1 Å². The smallest absolute Gasteiger partial charge is 0.241 e. The number of nitrogens with one attached hydrogen (secondary N) is 2. The van der Waals surface area contributed by atoms with Gasteiger partial charge in [0, 0.05) is 17.4 Å². The van der Waals surface area contributed by atoms with Crippen molar-refractivity contribution in [2.75, 3.05) is 0 Å². The van der Waals surface area contributed by atoms with Crippen molar-refractivity contribution in [3.05, 3.63) is 34.9 Å². The van der Waals surface area contributed by atoms with Crippen molar-refractivity contribution in [1.29, 1.82) is 0 Å². The Morgan fingerprint density at radius 2 is 1.83 bits per heavy atom. The Bertz CT molecular complexity index is 441. The van der Waals surface area contributed by atoms with Gasteiger partial charge in [-0.05, 0) is 37.0 Å². The molecule has 0 aliphatic heterocycles. The summed E-state index contributed by atoms with van der Waals surface area (Å²) in [4.78, 5) is 22.8. The number of carbonyl (C=O) groups is 2. The van der Waals surface area contributed by atoms with Crippen LogP contribution in [0.3, 0.4) is 0 Å². The molecule has 0 saturated heterocycles. The predicted molar refractivity (Wildman–Crippen MR) is 68.8 cm³/mol. The van der Waals surface area contributed by atoms with Gasteiger partial charge in [-0.2, -0.15) is 0 Å². The maximum Gasteiger partial charge on any atom is 0.241 e. The van der Waals surface area contributed by atoms with Crippen molar-refractivity contribution in [1.82, 2.24) is 10.9 Å². The van der Waals surface area contributed by atoms with Gasteiger partial charge in [0.1, 0.15) is 0 Å². The Morgan fingerprint density at radius 1 is 1.17 bits per heavy atom. The summed E-state index contributed by atoms with van der Waals surface area (Å²) in [5.41, 5.74) is 5.90. The van der Waals surface area contributed by atoms with Gasteiger partial charge in [-0.1, -0.05) is 23.7 Å². The fraction of sp³-hybridized carbons (Fsp3) is 0.385. The maximum atomic E-state index is 11.5. The molecule has 2 amide bonds. The van der Waals surface area contributed by atoms with Gasteiger partial charge < -0.3 is 0 Å². The summed E-state index contributed by atoms with van der Waals surface area (Å²) in [5.74, 6) is -0.171. The van der Waals surface area contributed by atoms with Gasteiger partial charge in [-0.25, -0.2) is 0 Å². The average Bonchev–Trinajstić information content (AvgIpc) is 3.19. The molecule has 18 heavy (non-hydrogen) atoms. The van der Waals surface area contributed by atoms with E-state index in [0.29, 0.717) is 17.9 Å². The van der Waals surface area contributed by atoms with Crippen LogP contribution in [0.25, 0.3) is 0 Å². The van der Waals surface area contributed by atoms with Crippen molar-refractivity contribution in [2.24, 2.45) is 5.92 Å². The van der Waals surface area contributed by atoms with Crippen LogP contribution in [0.2, 0.25) is 5.02 Å². The minimum atomic E-state index is -0.182.